The lowest BCUT2D eigenvalue weighted by Gasteiger charge is -2.12. The van der Waals surface area contributed by atoms with Gasteiger partial charge in [0.05, 0.1) is 0 Å². The Kier molecular flexibility index (Phi) is 3.99. The number of rotatable bonds is 4. The van der Waals surface area contributed by atoms with Crippen molar-refractivity contribution in [3.63, 3.8) is 0 Å². The first-order valence-corrected chi connectivity index (χ1v) is 5.01. The Morgan fingerprint density at radius 2 is 2.06 bits per heavy atom. The number of amides is 1. The first-order chi connectivity index (χ1) is 7.50. The van der Waals surface area contributed by atoms with E-state index in [0.29, 0.717) is 5.69 Å². The van der Waals surface area contributed by atoms with Gasteiger partial charge in [0.25, 0.3) is 12.5 Å². The van der Waals surface area contributed by atoms with Crippen LogP contribution in [0, 0.1) is 10.1 Å². The Morgan fingerprint density at radius 3 is 2.62 bits per heavy atom. The summed E-state index contributed by atoms with van der Waals surface area (Å²) in [5, 5.41) is 12.7. The average Bonchev–Trinajstić information content (AvgIpc) is 2.16. The van der Waals surface area contributed by atoms with Crippen LogP contribution in [0.1, 0.15) is 25.3 Å². The van der Waals surface area contributed by atoms with Gasteiger partial charge in [-0.3, -0.25) is 14.9 Å². The zero-order valence-corrected chi connectivity index (χ0v) is 9.27. The predicted octanol–water partition coefficient (Wildman–Crippen LogP) is 2.03. The molecule has 0 aliphatic heterocycles. The molecule has 1 aromatic rings. The minimum atomic E-state index is -0.702. The first-order valence-electron chi connectivity index (χ1n) is 5.01. The van der Waals surface area contributed by atoms with Gasteiger partial charge in [-0.2, -0.15) is 0 Å². The van der Waals surface area contributed by atoms with Crippen molar-refractivity contribution < 1.29 is 9.72 Å². The summed E-state index contributed by atoms with van der Waals surface area (Å²) in [7, 11) is 0. The summed E-state index contributed by atoms with van der Waals surface area (Å²) in [5.41, 5.74) is 1.61. The average molecular weight is 222 g/mol. The molecule has 0 unspecified atom stereocenters. The maximum Gasteiger partial charge on any atom is 0.296 e. The van der Waals surface area contributed by atoms with Crippen LogP contribution in [0.2, 0.25) is 0 Å². The fourth-order valence-corrected chi connectivity index (χ4v) is 1.42. The highest BCUT2D eigenvalue weighted by Gasteiger charge is 2.12. The number of carbonyl (C=O) groups is 1. The van der Waals surface area contributed by atoms with Crippen LogP contribution in [0.4, 0.5) is 5.69 Å². The molecule has 0 spiro atoms. The molecule has 86 valence electrons. The number of carbonyl (C=O) groups excluding carboxylic acids is 1. The molecule has 0 bridgehead atoms. The van der Waals surface area contributed by atoms with Crippen LogP contribution in [0.25, 0.3) is 0 Å². The van der Waals surface area contributed by atoms with Gasteiger partial charge in [-0.1, -0.05) is 32.0 Å². The maximum atomic E-state index is 11.2. The third kappa shape index (κ3) is 3.34. The molecule has 1 amide bonds. The molecule has 0 heterocycles. The summed E-state index contributed by atoms with van der Waals surface area (Å²) in [6.07, 6.45) is 0. The Labute approximate surface area is 93.6 Å². The van der Waals surface area contributed by atoms with Crippen LogP contribution in [-0.2, 0) is 4.79 Å². The van der Waals surface area contributed by atoms with E-state index < -0.39 is 17.4 Å². The van der Waals surface area contributed by atoms with Gasteiger partial charge in [-0.05, 0) is 17.5 Å². The predicted molar refractivity (Wildman–Crippen MR) is 61.0 cm³/mol. The highest BCUT2D eigenvalue weighted by molar-refractivity contribution is 5.92. The zero-order chi connectivity index (χ0) is 12.1. The van der Waals surface area contributed by atoms with E-state index in [-0.39, 0.29) is 5.92 Å². The fraction of sp³-hybridized carbons (Fsp3) is 0.364. The van der Waals surface area contributed by atoms with Gasteiger partial charge in [-0.25, -0.2) is 0 Å². The highest BCUT2D eigenvalue weighted by atomic mass is 16.6. The maximum absolute atomic E-state index is 11.2. The van der Waals surface area contributed by atoms with Gasteiger partial charge in [0, 0.05) is 10.6 Å². The van der Waals surface area contributed by atoms with Gasteiger partial charge in [0.1, 0.15) is 0 Å². The number of nitrogens with zero attached hydrogens (tertiary/aromatic N) is 1. The van der Waals surface area contributed by atoms with Crippen LogP contribution in [0.5, 0.6) is 0 Å². The van der Waals surface area contributed by atoms with Crippen LogP contribution in [0.15, 0.2) is 24.3 Å². The molecular weight excluding hydrogens is 208 g/mol. The van der Waals surface area contributed by atoms with Crippen molar-refractivity contribution in [2.45, 2.75) is 19.8 Å². The third-order valence-corrected chi connectivity index (χ3v) is 2.13. The minimum Gasteiger partial charge on any atom is -0.320 e. The molecule has 0 aliphatic carbocycles. The van der Waals surface area contributed by atoms with Crippen molar-refractivity contribution in [2.75, 3.05) is 11.9 Å². The zero-order valence-electron chi connectivity index (χ0n) is 9.27. The highest BCUT2D eigenvalue weighted by Crippen LogP contribution is 2.23. The number of benzene rings is 1. The van der Waals surface area contributed by atoms with E-state index in [9.17, 15) is 14.9 Å². The molecule has 16 heavy (non-hydrogen) atoms. The number of hydrogen-bond donors (Lipinski definition) is 1. The molecule has 5 nitrogen and oxygen atoms in total. The van der Waals surface area contributed by atoms with Crippen molar-refractivity contribution in [3.05, 3.63) is 39.9 Å². The Morgan fingerprint density at radius 1 is 1.44 bits per heavy atom. The van der Waals surface area contributed by atoms with Crippen molar-refractivity contribution in [3.8, 4) is 0 Å². The normalized spacial score (nSPS) is 10.2. The van der Waals surface area contributed by atoms with Crippen LogP contribution >= 0.6 is 0 Å². The molecule has 1 N–H and O–H groups in total. The second kappa shape index (κ2) is 5.25. The number of anilines is 1. The largest absolute Gasteiger partial charge is 0.320 e. The molecule has 0 saturated carbocycles. The SMILES string of the molecule is CC(C)c1ccccc1NC(=O)C[N+](=O)[O-]. The van der Waals surface area contributed by atoms with E-state index in [1.807, 2.05) is 26.0 Å². The van der Waals surface area contributed by atoms with Crippen molar-refractivity contribution in [2.24, 2.45) is 0 Å². The van der Waals surface area contributed by atoms with Crippen molar-refractivity contribution in [1.29, 1.82) is 0 Å². The Balaban J connectivity index is 2.80. The molecular formula is C11H14N2O3. The van der Waals surface area contributed by atoms with Gasteiger partial charge in [0.2, 0.25) is 0 Å². The summed E-state index contributed by atoms with van der Waals surface area (Å²) >= 11 is 0. The molecule has 1 rings (SSSR count). The second-order valence-corrected chi connectivity index (χ2v) is 3.78. The number of para-hydroxylation sites is 1. The number of nitrogens with one attached hydrogen (secondary N) is 1. The number of nitro groups is 1. The molecule has 0 aromatic heterocycles. The quantitative estimate of drug-likeness (QED) is 0.625. The van der Waals surface area contributed by atoms with Gasteiger partial charge < -0.3 is 5.32 Å². The number of hydrogen-bond acceptors (Lipinski definition) is 3. The van der Waals surface area contributed by atoms with E-state index in [1.54, 1.807) is 12.1 Å². The van der Waals surface area contributed by atoms with E-state index in [1.165, 1.54) is 0 Å². The lowest BCUT2D eigenvalue weighted by molar-refractivity contribution is -0.467. The van der Waals surface area contributed by atoms with E-state index in [0.717, 1.165) is 5.56 Å². The molecule has 0 fully saturated rings. The molecule has 0 radical (unpaired) electrons. The topological polar surface area (TPSA) is 72.2 Å². The molecule has 0 atom stereocenters. The fourth-order valence-electron chi connectivity index (χ4n) is 1.42. The van der Waals surface area contributed by atoms with Crippen LogP contribution in [0.3, 0.4) is 0 Å². The summed E-state index contributed by atoms with van der Waals surface area (Å²) in [4.78, 5) is 20.8. The molecule has 5 heteroatoms. The van der Waals surface area contributed by atoms with E-state index >= 15 is 0 Å². The lowest BCUT2D eigenvalue weighted by Crippen LogP contribution is -2.22. The van der Waals surface area contributed by atoms with Gasteiger partial charge in [-0.15, -0.1) is 0 Å². The summed E-state index contributed by atoms with van der Waals surface area (Å²) in [6.45, 7) is 3.30. The van der Waals surface area contributed by atoms with Crippen LogP contribution in [-0.4, -0.2) is 17.4 Å². The van der Waals surface area contributed by atoms with E-state index in [4.69, 9.17) is 0 Å². The first kappa shape index (κ1) is 12.2. The molecule has 1 aromatic carbocycles. The van der Waals surface area contributed by atoms with Gasteiger partial charge in [0.15, 0.2) is 0 Å². The third-order valence-electron chi connectivity index (χ3n) is 2.13. The minimum absolute atomic E-state index is 0.257. The second-order valence-electron chi connectivity index (χ2n) is 3.78. The Hall–Kier alpha value is -1.91. The molecule has 0 aliphatic rings. The summed E-state index contributed by atoms with van der Waals surface area (Å²) in [5.74, 6) is -0.342. The Bertz CT molecular complexity index is 402. The summed E-state index contributed by atoms with van der Waals surface area (Å²) in [6, 6.07) is 7.30. The monoisotopic (exact) mass is 222 g/mol. The lowest BCUT2D eigenvalue weighted by atomic mass is 10.0. The smallest absolute Gasteiger partial charge is 0.296 e. The summed E-state index contributed by atoms with van der Waals surface area (Å²) < 4.78 is 0. The molecule has 0 saturated heterocycles. The van der Waals surface area contributed by atoms with Crippen LogP contribution < -0.4 is 5.32 Å². The standard InChI is InChI=1S/C11H14N2O3/c1-8(2)9-5-3-4-6-10(9)12-11(14)7-13(15)16/h3-6,8H,7H2,1-2H3,(H,12,14). The van der Waals surface area contributed by atoms with Crippen molar-refractivity contribution >= 4 is 11.6 Å². The van der Waals surface area contributed by atoms with E-state index in [2.05, 4.69) is 5.32 Å². The van der Waals surface area contributed by atoms with Crippen molar-refractivity contribution in [1.82, 2.24) is 0 Å². The van der Waals surface area contributed by atoms with Gasteiger partial charge >= 0.3 is 0 Å².